The molecule has 0 heterocycles. The third-order valence-corrected chi connectivity index (χ3v) is 32.1. The molecule has 4 aliphatic rings. The van der Waals surface area contributed by atoms with Gasteiger partial charge in [-0.15, -0.1) is 0 Å². The second kappa shape index (κ2) is 7.40. The second-order valence-corrected chi connectivity index (χ2v) is 25.9. The fraction of sp³-hybridized carbons (Fsp3) is 0.500. The quantitative estimate of drug-likeness (QED) is 0.346. The van der Waals surface area contributed by atoms with E-state index in [1.54, 1.807) is 22.3 Å². The molecule has 0 aromatic heterocycles. The van der Waals surface area contributed by atoms with E-state index >= 15 is 0 Å². The van der Waals surface area contributed by atoms with Crippen LogP contribution < -0.4 is 0 Å². The predicted octanol–water partition coefficient (Wildman–Crippen LogP) is 10.5. The standard InChI is InChI=1S/2C10H15.2C6H7.Zr/c2*1-6-7(2)9(4)10(5)8(6)3;2*1-6-4-2-3-5-6;/h2*1-5H3;2*2-5H,1H3;. The van der Waals surface area contributed by atoms with Crippen LogP contribution >= 0.6 is 0 Å². The monoisotopic (exact) mass is 518 g/mol. The van der Waals surface area contributed by atoms with E-state index in [0.717, 1.165) is 0 Å². The van der Waals surface area contributed by atoms with E-state index in [1.807, 2.05) is 0 Å². The first kappa shape index (κ1) is 24.9. The molecule has 4 rings (SSSR count). The van der Waals surface area contributed by atoms with E-state index in [4.69, 9.17) is 0 Å². The maximum atomic E-state index is 2.67. The average molecular weight is 520 g/mol. The van der Waals surface area contributed by atoms with Gasteiger partial charge in [0.1, 0.15) is 0 Å². The fourth-order valence-electron chi connectivity index (χ4n) is 9.18. The molecule has 0 bridgehead atoms. The van der Waals surface area contributed by atoms with Gasteiger partial charge >= 0.3 is 209 Å². The summed E-state index contributed by atoms with van der Waals surface area (Å²) in [5.74, 6) is 0. The van der Waals surface area contributed by atoms with Crippen molar-refractivity contribution in [1.29, 1.82) is 0 Å². The zero-order chi connectivity index (χ0) is 24.8. The summed E-state index contributed by atoms with van der Waals surface area (Å²) in [4.78, 5) is 0. The molecule has 4 aliphatic carbocycles. The SMILES string of the molecule is CC1=C(C)[C](C)([Zr]([C]2(C)C=CC=C2)([C]2(C)C=CC=C2)[C]2(C)C(C)=C(C)C(C)=C2C)C(C)=C1C. The molecule has 0 saturated heterocycles. The Morgan fingerprint density at radius 3 is 0.848 bits per heavy atom. The molecule has 0 spiro atoms. The van der Waals surface area contributed by atoms with E-state index in [9.17, 15) is 0 Å². The maximum absolute atomic E-state index is 3.77. The molecule has 0 radical (unpaired) electrons. The first-order chi connectivity index (χ1) is 15.2. The number of rotatable bonds is 4. The predicted molar refractivity (Wildman–Crippen MR) is 144 cm³/mol. The van der Waals surface area contributed by atoms with Gasteiger partial charge in [-0.05, 0) is 0 Å². The van der Waals surface area contributed by atoms with Crippen molar-refractivity contribution >= 4 is 0 Å². The second-order valence-electron chi connectivity index (χ2n) is 12.0. The molecule has 0 unspecified atom stereocenters. The zero-order valence-electron chi connectivity index (χ0n) is 23.1. The minimum atomic E-state index is -3.77. The molecule has 1 heteroatoms. The zero-order valence-corrected chi connectivity index (χ0v) is 25.6. The molecular formula is C32H44Zr. The van der Waals surface area contributed by atoms with E-state index < -0.39 is 20.3 Å². The molecule has 0 saturated carbocycles. The van der Waals surface area contributed by atoms with Crippen molar-refractivity contribution in [3.8, 4) is 0 Å². The van der Waals surface area contributed by atoms with Gasteiger partial charge in [0, 0.05) is 0 Å². The molecule has 0 atom stereocenters. The van der Waals surface area contributed by atoms with Crippen LogP contribution in [0.4, 0.5) is 0 Å². The Labute approximate surface area is 208 Å². The van der Waals surface area contributed by atoms with Crippen LogP contribution in [0.25, 0.3) is 0 Å². The first-order valence-electron chi connectivity index (χ1n) is 12.7. The van der Waals surface area contributed by atoms with Gasteiger partial charge in [-0.25, -0.2) is 0 Å². The molecule has 0 amide bonds. The molecule has 0 aliphatic heterocycles. The van der Waals surface area contributed by atoms with Crippen molar-refractivity contribution in [2.45, 2.75) is 95.6 Å². The Hall–Kier alpha value is -1.20. The van der Waals surface area contributed by atoms with Crippen LogP contribution in [0.1, 0.15) is 83.1 Å². The molecule has 0 nitrogen and oxygen atoms in total. The summed E-state index contributed by atoms with van der Waals surface area (Å²) >= 11 is -3.77. The molecule has 33 heavy (non-hydrogen) atoms. The molecule has 0 N–H and O–H groups in total. The number of allylic oxidation sites excluding steroid dienone is 16. The average Bonchev–Trinajstić information content (AvgIpc) is 3.49. The molecule has 0 aromatic rings. The van der Waals surface area contributed by atoms with E-state index in [0.29, 0.717) is 0 Å². The fourth-order valence-corrected chi connectivity index (χ4v) is 35.9. The topological polar surface area (TPSA) is 0 Å². The minimum absolute atomic E-state index is 0.0623. The molecule has 176 valence electrons. The van der Waals surface area contributed by atoms with E-state index in [1.165, 1.54) is 22.3 Å². The van der Waals surface area contributed by atoms with Crippen molar-refractivity contribution in [3.63, 3.8) is 0 Å². The number of hydrogen-bond donors (Lipinski definition) is 0. The van der Waals surface area contributed by atoms with Crippen molar-refractivity contribution < 1.29 is 20.3 Å². The van der Waals surface area contributed by atoms with Crippen LogP contribution in [0, 0.1) is 0 Å². The van der Waals surface area contributed by atoms with Gasteiger partial charge in [0.05, 0.1) is 0 Å². The van der Waals surface area contributed by atoms with Gasteiger partial charge in [-0.3, -0.25) is 0 Å². The third kappa shape index (κ3) is 2.51. The van der Waals surface area contributed by atoms with Crippen LogP contribution in [-0.4, -0.2) is 0 Å². The van der Waals surface area contributed by atoms with Crippen LogP contribution in [-0.2, 0) is 20.3 Å². The van der Waals surface area contributed by atoms with Gasteiger partial charge in [-0.2, -0.15) is 0 Å². The van der Waals surface area contributed by atoms with Crippen LogP contribution in [0.2, 0.25) is 12.5 Å². The van der Waals surface area contributed by atoms with Crippen LogP contribution in [0.3, 0.4) is 0 Å². The van der Waals surface area contributed by atoms with Crippen LogP contribution in [0.5, 0.6) is 0 Å². The van der Waals surface area contributed by atoms with Crippen molar-refractivity contribution in [3.05, 3.63) is 93.2 Å². The summed E-state index contributed by atoms with van der Waals surface area (Å²) in [6.45, 7) is 29.9. The molecule has 0 aromatic carbocycles. The Morgan fingerprint density at radius 2 is 0.636 bits per heavy atom. The van der Waals surface area contributed by atoms with Crippen LogP contribution in [0.15, 0.2) is 93.2 Å². The van der Waals surface area contributed by atoms with Gasteiger partial charge in [0.15, 0.2) is 0 Å². The van der Waals surface area contributed by atoms with Gasteiger partial charge < -0.3 is 0 Å². The normalized spacial score (nSPS) is 26.8. The molecular weight excluding hydrogens is 476 g/mol. The van der Waals surface area contributed by atoms with Gasteiger partial charge in [-0.1, -0.05) is 0 Å². The van der Waals surface area contributed by atoms with Crippen molar-refractivity contribution in [2.24, 2.45) is 0 Å². The Morgan fingerprint density at radius 1 is 0.424 bits per heavy atom. The summed E-state index contributed by atoms with van der Waals surface area (Å²) in [6, 6.07) is 0. The van der Waals surface area contributed by atoms with E-state index in [2.05, 4.69) is 132 Å². The van der Waals surface area contributed by atoms with Crippen molar-refractivity contribution in [1.82, 2.24) is 0 Å². The Balaban J connectivity index is 2.33. The van der Waals surface area contributed by atoms with Gasteiger partial charge in [0.2, 0.25) is 0 Å². The Bertz CT molecular complexity index is 1010. The number of hydrogen-bond acceptors (Lipinski definition) is 0. The third-order valence-electron chi connectivity index (χ3n) is 11.5. The van der Waals surface area contributed by atoms with Gasteiger partial charge in [0.25, 0.3) is 0 Å². The summed E-state index contributed by atoms with van der Waals surface area (Å²) in [5, 5.41) is 0. The first-order valence-corrected chi connectivity index (χ1v) is 17.6. The summed E-state index contributed by atoms with van der Waals surface area (Å²) in [6.07, 6.45) is 19.7. The summed E-state index contributed by atoms with van der Waals surface area (Å²) < 4.78 is 0.276. The van der Waals surface area contributed by atoms with Crippen molar-refractivity contribution in [2.75, 3.05) is 0 Å². The molecule has 0 fully saturated rings. The summed E-state index contributed by atoms with van der Waals surface area (Å²) in [5.41, 5.74) is 12.6. The summed E-state index contributed by atoms with van der Waals surface area (Å²) in [7, 11) is 0. The van der Waals surface area contributed by atoms with E-state index in [-0.39, 0.29) is 12.5 Å². The Kier molecular flexibility index (Phi) is 5.59.